The van der Waals surface area contributed by atoms with Crippen LogP contribution in [0.3, 0.4) is 0 Å². The molecular formula is C6H4Se2. The summed E-state index contributed by atoms with van der Waals surface area (Å²) >= 11 is 1.40. The van der Waals surface area contributed by atoms with Gasteiger partial charge in [0.2, 0.25) is 0 Å². The molecule has 0 amide bonds. The van der Waals surface area contributed by atoms with Gasteiger partial charge in [0.1, 0.15) is 0 Å². The van der Waals surface area contributed by atoms with Gasteiger partial charge in [-0.1, -0.05) is 0 Å². The van der Waals surface area contributed by atoms with Crippen molar-refractivity contribution in [3.8, 4) is 0 Å². The molecule has 2 heteroatoms. The fourth-order valence-corrected chi connectivity index (χ4v) is 5.14. The van der Waals surface area contributed by atoms with E-state index in [0.717, 1.165) is 0 Å². The van der Waals surface area contributed by atoms with Crippen molar-refractivity contribution in [2.75, 3.05) is 0 Å². The Hall–Kier alpha value is 0.259. The van der Waals surface area contributed by atoms with E-state index in [9.17, 15) is 0 Å². The Morgan fingerprint density at radius 1 is 1.25 bits per heavy atom. The molecule has 40 valence electrons. The van der Waals surface area contributed by atoms with Crippen LogP contribution in [-0.4, -0.2) is 29.0 Å². The molecule has 8 heavy (non-hydrogen) atoms. The van der Waals surface area contributed by atoms with Gasteiger partial charge in [-0.2, -0.15) is 0 Å². The van der Waals surface area contributed by atoms with E-state index < -0.39 is 0 Å². The quantitative estimate of drug-likeness (QED) is 0.595. The van der Waals surface area contributed by atoms with E-state index in [4.69, 9.17) is 0 Å². The molecule has 0 aromatic carbocycles. The second-order valence-corrected chi connectivity index (χ2v) is 5.16. The average molecular weight is 234 g/mol. The number of hydrogen-bond acceptors (Lipinski definition) is 0. The van der Waals surface area contributed by atoms with Crippen molar-refractivity contribution in [3.63, 3.8) is 0 Å². The summed E-state index contributed by atoms with van der Waals surface area (Å²) < 4.78 is 1.62. The van der Waals surface area contributed by atoms with Gasteiger partial charge in [0, 0.05) is 0 Å². The van der Waals surface area contributed by atoms with Crippen LogP contribution < -0.4 is 0 Å². The predicted molar refractivity (Wildman–Crippen MR) is 37.8 cm³/mol. The molecule has 2 heterocycles. The van der Waals surface area contributed by atoms with E-state index in [0.29, 0.717) is 29.0 Å². The van der Waals surface area contributed by atoms with E-state index in [1.54, 1.807) is 4.26 Å². The zero-order chi connectivity index (χ0) is 5.40. The van der Waals surface area contributed by atoms with Crippen molar-refractivity contribution >= 4 is 38.7 Å². The summed E-state index contributed by atoms with van der Waals surface area (Å²) in [6.45, 7) is 0. The summed E-state index contributed by atoms with van der Waals surface area (Å²) in [5.41, 5.74) is 0. The second kappa shape index (κ2) is 1.89. The molecular weight excluding hydrogens is 230 g/mol. The second-order valence-electron chi connectivity index (χ2n) is 1.61. The van der Waals surface area contributed by atoms with Crippen molar-refractivity contribution in [2.45, 2.75) is 0 Å². The zero-order valence-corrected chi connectivity index (χ0v) is 7.55. The van der Waals surface area contributed by atoms with Crippen LogP contribution in [0.2, 0.25) is 0 Å². The molecule has 0 aliphatic heterocycles. The molecule has 0 aliphatic rings. The fraction of sp³-hybridized carbons (Fsp3) is 0. The molecule has 2 aromatic heterocycles. The zero-order valence-electron chi connectivity index (χ0n) is 4.13. The minimum atomic E-state index is 0.698. The minimum absolute atomic E-state index is 0.698. The summed E-state index contributed by atoms with van der Waals surface area (Å²) in [5.74, 6) is 0. The molecule has 0 spiro atoms. The molecule has 0 nitrogen and oxygen atoms in total. The third-order valence-electron chi connectivity index (χ3n) is 1.10. The molecule has 0 aliphatic carbocycles. The third kappa shape index (κ3) is 0.655. The summed E-state index contributed by atoms with van der Waals surface area (Å²) in [5, 5.41) is 1.52. The van der Waals surface area contributed by atoms with E-state index >= 15 is 0 Å². The van der Waals surface area contributed by atoms with Gasteiger partial charge in [-0.3, -0.25) is 0 Å². The van der Waals surface area contributed by atoms with Gasteiger partial charge in [0.25, 0.3) is 0 Å². The van der Waals surface area contributed by atoms with Gasteiger partial charge in [0.05, 0.1) is 0 Å². The van der Waals surface area contributed by atoms with Crippen LogP contribution in [-0.2, 0) is 0 Å². The Labute approximate surface area is 59.6 Å². The monoisotopic (exact) mass is 236 g/mol. The van der Waals surface area contributed by atoms with Crippen LogP contribution in [0.15, 0.2) is 20.9 Å². The molecule has 0 unspecified atom stereocenters. The Bertz CT molecular complexity index is 228. The van der Waals surface area contributed by atoms with Crippen LogP contribution in [0.4, 0.5) is 0 Å². The fourth-order valence-electron chi connectivity index (χ4n) is 0.693. The Morgan fingerprint density at radius 3 is 3.12 bits per heavy atom. The third-order valence-corrected chi connectivity index (χ3v) is 5.30. The predicted octanol–water partition coefficient (Wildman–Crippen LogP) is 0.954. The first kappa shape index (κ1) is 5.08. The molecule has 2 aromatic rings. The van der Waals surface area contributed by atoms with Gasteiger partial charge in [-0.25, -0.2) is 0 Å². The standard InChI is InChI=1S/C6H4Se2/c1-2-8-6-4-7-3-5(1)6/h1-4H. The van der Waals surface area contributed by atoms with Crippen LogP contribution in [0.25, 0.3) is 9.65 Å². The SMILES string of the molecule is c1cc2c[se]cc2[se]1. The molecule has 0 bridgehead atoms. The van der Waals surface area contributed by atoms with Gasteiger partial charge >= 0.3 is 59.5 Å². The molecule has 0 N–H and O–H groups in total. The van der Waals surface area contributed by atoms with E-state index in [2.05, 4.69) is 20.9 Å². The molecule has 0 radical (unpaired) electrons. The van der Waals surface area contributed by atoms with Crippen molar-refractivity contribution in [1.82, 2.24) is 0 Å². The molecule has 2 rings (SSSR count). The van der Waals surface area contributed by atoms with Gasteiger partial charge in [-0.15, -0.1) is 0 Å². The van der Waals surface area contributed by atoms with Crippen LogP contribution >= 0.6 is 0 Å². The maximum atomic E-state index is 2.39. The van der Waals surface area contributed by atoms with Crippen LogP contribution in [0.1, 0.15) is 0 Å². The van der Waals surface area contributed by atoms with Crippen molar-refractivity contribution in [1.29, 1.82) is 0 Å². The summed E-state index contributed by atoms with van der Waals surface area (Å²) in [6.07, 6.45) is 0. The van der Waals surface area contributed by atoms with Crippen LogP contribution in [0, 0.1) is 0 Å². The first-order valence-electron chi connectivity index (χ1n) is 2.36. The summed E-state index contributed by atoms with van der Waals surface area (Å²) in [7, 11) is 0. The Balaban J connectivity index is 3.06. The molecule has 0 fully saturated rings. The normalized spacial score (nSPS) is 10.5. The first-order valence-corrected chi connectivity index (χ1v) is 6.18. The number of fused-ring (bicyclic) bond motifs is 1. The van der Waals surface area contributed by atoms with Crippen molar-refractivity contribution in [3.05, 3.63) is 20.9 Å². The molecule has 0 saturated heterocycles. The van der Waals surface area contributed by atoms with Gasteiger partial charge in [-0.05, 0) is 0 Å². The van der Waals surface area contributed by atoms with E-state index in [1.807, 2.05) is 0 Å². The Morgan fingerprint density at radius 2 is 2.25 bits per heavy atom. The topological polar surface area (TPSA) is 0 Å². The van der Waals surface area contributed by atoms with E-state index in [-0.39, 0.29) is 0 Å². The first-order chi connectivity index (χ1) is 3.97. The number of hydrogen-bond donors (Lipinski definition) is 0. The van der Waals surface area contributed by atoms with Gasteiger partial charge in [0.15, 0.2) is 0 Å². The summed E-state index contributed by atoms with van der Waals surface area (Å²) in [4.78, 5) is 7.04. The Kier molecular flexibility index (Phi) is 1.20. The summed E-state index contributed by atoms with van der Waals surface area (Å²) in [6, 6.07) is 2.25. The van der Waals surface area contributed by atoms with E-state index in [1.165, 1.54) is 5.39 Å². The van der Waals surface area contributed by atoms with Crippen molar-refractivity contribution < 1.29 is 0 Å². The average Bonchev–Trinajstić information content (AvgIpc) is 2.15. The maximum absolute atomic E-state index is 2.39. The van der Waals surface area contributed by atoms with Crippen molar-refractivity contribution in [2.24, 2.45) is 0 Å². The van der Waals surface area contributed by atoms with Gasteiger partial charge < -0.3 is 0 Å². The molecule has 0 saturated carbocycles. The van der Waals surface area contributed by atoms with Crippen LogP contribution in [0.5, 0.6) is 0 Å². The molecule has 0 atom stereocenters. The number of rotatable bonds is 0.